The molecule has 1 aromatic carbocycles. The van der Waals surface area contributed by atoms with Gasteiger partial charge in [-0.05, 0) is 31.0 Å². The number of para-hydroxylation sites is 1. The number of furan rings is 1. The fourth-order valence-corrected chi connectivity index (χ4v) is 2.33. The van der Waals surface area contributed by atoms with E-state index in [1.165, 1.54) is 17.2 Å². The van der Waals surface area contributed by atoms with Crippen molar-refractivity contribution in [1.29, 1.82) is 0 Å². The van der Waals surface area contributed by atoms with E-state index in [0.717, 1.165) is 17.5 Å². The molecule has 4 heteroatoms. The van der Waals surface area contributed by atoms with E-state index in [-0.39, 0.29) is 5.91 Å². The average Bonchev–Trinajstić information content (AvgIpc) is 3.05. The van der Waals surface area contributed by atoms with Gasteiger partial charge in [0.2, 0.25) is 0 Å². The summed E-state index contributed by atoms with van der Waals surface area (Å²) in [4.78, 5) is 15.1. The highest BCUT2D eigenvalue weighted by atomic mass is 16.3. The second kappa shape index (κ2) is 5.25. The molecule has 0 spiro atoms. The number of hydrogen-bond acceptors (Lipinski definition) is 2. The molecule has 0 saturated carbocycles. The number of H-pyrrole nitrogens is 1. The molecule has 20 heavy (non-hydrogen) atoms. The second-order valence-electron chi connectivity index (χ2n) is 4.80. The monoisotopic (exact) mass is 268 g/mol. The first-order valence-corrected chi connectivity index (χ1v) is 6.63. The zero-order valence-electron chi connectivity index (χ0n) is 11.3. The van der Waals surface area contributed by atoms with Crippen molar-refractivity contribution in [1.82, 2.24) is 10.3 Å². The van der Waals surface area contributed by atoms with E-state index in [0.29, 0.717) is 12.3 Å². The average molecular weight is 268 g/mol. The first-order valence-electron chi connectivity index (χ1n) is 6.63. The Morgan fingerprint density at radius 1 is 1.30 bits per heavy atom. The fraction of sp³-hybridized carbons (Fsp3) is 0.188. The number of carbonyl (C=O) groups is 1. The van der Waals surface area contributed by atoms with Gasteiger partial charge >= 0.3 is 0 Å². The number of amides is 1. The van der Waals surface area contributed by atoms with Crippen LogP contribution >= 0.6 is 0 Å². The van der Waals surface area contributed by atoms with Gasteiger partial charge in [-0.25, -0.2) is 0 Å². The minimum Gasteiger partial charge on any atom is -0.459 e. The molecule has 2 heterocycles. The molecule has 0 unspecified atom stereocenters. The molecule has 0 bridgehead atoms. The third-order valence-electron chi connectivity index (χ3n) is 3.42. The summed E-state index contributed by atoms with van der Waals surface area (Å²) in [5, 5.41) is 4.09. The van der Waals surface area contributed by atoms with Crippen molar-refractivity contribution in [2.75, 3.05) is 6.54 Å². The molecule has 0 radical (unpaired) electrons. The van der Waals surface area contributed by atoms with Gasteiger partial charge in [-0.15, -0.1) is 0 Å². The number of nitrogens with one attached hydrogen (secondary N) is 2. The van der Waals surface area contributed by atoms with Crippen LogP contribution < -0.4 is 5.32 Å². The highest BCUT2D eigenvalue weighted by Gasteiger charge is 2.12. The quantitative estimate of drug-likeness (QED) is 0.764. The van der Waals surface area contributed by atoms with E-state index in [1.807, 2.05) is 31.3 Å². The lowest BCUT2D eigenvalue weighted by atomic mass is 10.1. The minimum atomic E-state index is -0.160. The van der Waals surface area contributed by atoms with Crippen LogP contribution in [0.3, 0.4) is 0 Å². The van der Waals surface area contributed by atoms with Crippen LogP contribution in [0, 0.1) is 6.92 Å². The van der Waals surface area contributed by atoms with Gasteiger partial charge in [0.05, 0.1) is 6.26 Å². The van der Waals surface area contributed by atoms with E-state index >= 15 is 0 Å². The van der Waals surface area contributed by atoms with Gasteiger partial charge in [-0.2, -0.15) is 0 Å². The Balaban J connectivity index is 1.63. The zero-order valence-corrected chi connectivity index (χ0v) is 11.3. The van der Waals surface area contributed by atoms with Crippen molar-refractivity contribution >= 4 is 16.8 Å². The van der Waals surface area contributed by atoms with Gasteiger partial charge in [0.25, 0.3) is 5.91 Å². The van der Waals surface area contributed by atoms with Crippen LogP contribution in [0.25, 0.3) is 10.9 Å². The van der Waals surface area contributed by atoms with E-state index in [4.69, 9.17) is 4.42 Å². The van der Waals surface area contributed by atoms with Crippen LogP contribution in [0.1, 0.15) is 21.7 Å². The highest BCUT2D eigenvalue weighted by Crippen LogP contribution is 2.17. The van der Waals surface area contributed by atoms with E-state index in [2.05, 4.69) is 16.4 Å². The Kier molecular flexibility index (Phi) is 3.29. The molecule has 0 aliphatic carbocycles. The predicted octanol–water partition coefficient (Wildman–Crippen LogP) is 3.04. The molecule has 2 aromatic heterocycles. The van der Waals surface area contributed by atoms with Crippen LogP contribution in [-0.2, 0) is 6.42 Å². The summed E-state index contributed by atoms with van der Waals surface area (Å²) in [5.41, 5.74) is 3.18. The largest absolute Gasteiger partial charge is 0.459 e. The first-order chi connectivity index (χ1) is 9.75. The second-order valence-corrected chi connectivity index (χ2v) is 4.80. The number of aromatic nitrogens is 1. The summed E-state index contributed by atoms with van der Waals surface area (Å²) in [6.45, 7) is 2.44. The number of rotatable bonds is 4. The molecule has 0 saturated heterocycles. The molecule has 2 N–H and O–H groups in total. The van der Waals surface area contributed by atoms with Gasteiger partial charge in [0, 0.05) is 29.2 Å². The predicted molar refractivity (Wildman–Crippen MR) is 77.8 cm³/mol. The Hall–Kier alpha value is -2.49. The van der Waals surface area contributed by atoms with Gasteiger partial charge < -0.3 is 14.7 Å². The number of benzene rings is 1. The molecule has 1 amide bonds. The summed E-state index contributed by atoms with van der Waals surface area (Å²) in [7, 11) is 0. The van der Waals surface area contributed by atoms with Crippen LogP contribution in [0.4, 0.5) is 0 Å². The number of fused-ring (bicyclic) bond motifs is 1. The summed E-state index contributed by atoms with van der Waals surface area (Å²) >= 11 is 0. The third kappa shape index (κ3) is 2.32. The van der Waals surface area contributed by atoms with Crippen molar-refractivity contribution in [3.05, 3.63) is 59.7 Å². The maximum absolute atomic E-state index is 11.9. The van der Waals surface area contributed by atoms with Gasteiger partial charge in [-0.1, -0.05) is 18.2 Å². The maximum Gasteiger partial charge on any atom is 0.287 e. The van der Waals surface area contributed by atoms with Crippen LogP contribution in [0.2, 0.25) is 0 Å². The molecule has 0 aliphatic heterocycles. The molecule has 4 nitrogen and oxygen atoms in total. The van der Waals surface area contributed by atoms with Crippen molar-refractivity contribution < 1.29 is 9.21 Å². The Morgan fingerprint density at radius 3 is 2.95 bits per heavy atom. The molecule has 3 aromatic rings. The lowest BCUT2D eigenvalue weighted by molar-refractivity contribution is 0.0925. The standard InChI is InChI=1S/C16H16N2O2/c1-11-7-9-20-15(11)16(19)17-8-6-12-10-18-14-5-3-2-4-13(12)14/h2-5,7,9-10,18H,6,8H2,1H3,(H,17,19). The summed E-state index contributed by atoms with van der Waals surface area (Å²) in [5.74, 6) is 0.233. The van der Waals surface area contributed by atoms with Crippen molar-refractivity contribution in [2.24, 2.45) is 0 Å². The summed E-state index contributed by atoms with van der Waals surface area (Å²) in [6, 6.07) is 9.94. The smallest absolute Gasteiger partial charge is 0.287 e. The zero-order chi connectivity index (χ0) is 13.9. The molecule has 102 valence electrons. The Labute approximate surface area is 116 Å². The SMILES string of the molecule is Cc1ccoc1C(=O)NCCc1c[nH]c2ccccc12. The Morgan fingerprint density at radius 2 is 2.15 bits per heavy atom. The molecular formula is C16H16N2O2. The normalized spacial score (nSPS) is 10.8. The third-order valence-corrected chi connectivity index (χ3v) is 3.42. The first kappa shape index (κ1) is 12.5. The van der Waals surface area contributed by atoms with E-state index < -0.39 is 0 Å². The molecule has 0 atom stereocenters. The fourth-order valence-electron chi connectivity index (χ4n) is 2.33. The minimum absolute atomic E-state index is 0.160. The summed E-state index contributed by atoms with van der Waals surface area (Å²) in [6.07, 6.45) is 4.31. The maximum atomic E-state index is 11.9. The molecular weight excluding hydrogens is 252 g/mol. The van der Waals surface area contributed by atoms with Crippen LogP contribution in [0.5, 0.6) is 0 Å². The molecule has 0 fully saturated rings. The topological polar surface area (TPSA) is 58.0 Å². The number of aryl methyl sites for hydroxylation is 1. The van der Waals surface area contributed by atoms with Crippen LogP contribution in [0.15, 0.2) is 47.2 Å². The van der Waals surface area contributed by atoms with Gasteiger partial charge in [0.1, 0.15) is 0 Å². The van der Waals surface area contributed by atoms with Crippen LogP contribution in [-0.4, -0.2) is 17.4 Å². The Bertz CT molecular complexity index is 740. The van der Waals surface area contributed by atoms with Crippen molar-refractivity contribution in [3.63, 3.8) is 0 Å². The molecule has 3 rings (SSSR count). The van der Waals surface area contributed by atoms with E-state index in [9.17, 15) is 4.79 Å². The van der Waals surface area contributed by atoms with Gasteiger partial charge in [0.15, 0.2) is 5.76 Å². The number of hydrogen-bond donors (Lipinski definition) is 2. The van der Waals surface area contributed by atoms with Crippen molar-refractivity contribution in [3.8, 4) is 0 Å². The number of carbonyl (C=O) groups excluding carboxylic acids is 1. The van der Waals surface area contributed by atoms with Gasteiger partial charge in [-0.3, -0.25) is 4.79 Å². The highest BCUT2D eigenvalue weighted by molar-refractivity contribution is 5.92. The lowest BCUT2D eigenvalue weighted by Gasteiger charge is -2.03. The number of aromatic amines is 1. The van der Waals surface area contributed by atoms with E-state index in [1.54, 1.807) is 6.07 Å². The lowest BCUT2D eigenvalue weighted by Crippen LogP contribution is -2.25. The molecule has 0 aliphatic rings. The van der Waals surface area contributed by atoms with Crippen molar-refractivity contribution in [2.45, 2.75) is 13.3 Å². The summed E-state index contributed by atoms with van der Waals surface area (Å²) < 4.78 is 5.17.